The van der Waals surface area contributed by atoms with E-state index in [0.29, 0.717) is 0 Å². The van der Waals surface area contributed by atoms with Crippen LogP contribution in [0.4, 0.5) is 0 Å². The molecule has 2 heterocycles. The van der Waals surface area contributed by atoms with Crippen LogP contribution < -0.4 is 5.32 Å². The van der Waals surface area contributed by atoms with Crippen molar-refractivity contribution in [2.75, 3.05) is 6.54 Å². The molecule has 4 fully saturated rings. The first-order valence-corrected chi connectivity index (χ1v) is 8.14. The van der Waals surface area contributed by atoms with E-state index in [4.69, 9.17) is 0 Å². The second kappa shape index (κ2) is 3.85. The number of nitrogens with zero attached hydrogens (tertiary/aromatic N) is 2. The van der Waals surface area contributed by atoms with Gasteiger partial charge in [-0.3, -0.25) is 0 Å². The van der Waals surface area contributed by atoms with Gasteiger partial charge in [0.1, 0.15) is 0 Å². The second-order valence-corrected chi connectivity index (χ2v) is 7.39. The topological polar surface area (TPSA) is 29.9 Å². The van der Waals surface area contributed by atoms with E-state index < -0.39 is 0 Å². The third-order valence-corrected chi connectivity index (χ3v) is 6.31. The molecule has 4 saturated carbocycles. The molecule has 0 atom stereocenters. The Kier molecular flexibility index (Phi) is 2.21. The normalized spacial score (nSPS) is 43.5. The Balaban J connectivity index is 1.54. The zero-order chi connectivity index (χ0) is 12.4. The SMILES string of the molecule is c1nc2c(n1C1C3CC4CC(C3)CC1C4)CCNC2. The van der Waals surface area contributed by atoms with Gasteiger partial charge in [-0.25, -0.2) is 4.98 Å². The first kappa shape index (κ1) is 10.9. The largest absolute Gasteiger partial charge is 0.331 e. The van der Waals surface area contributed by atoms with Crippen LogP contribution in [-0.4, -0.2) is 16.1 Å². The molecule has 1 aromatic heterocycles. The van der Waals surface area contributed by atoms with Gasteiger partial charge in [0.25, 0.3) is 0 Å². The standard InChI is InChI=1S/C16H23N3/c1-2-17-8-14-15(1)19(9-18-14)16-12-4-10-3-11(6-12)7-13(16)5-10/h9-13,16-17H,1-8H2. The molecule has 0 unspecified atom stereocenters. The Bertz CT molecular complexity index is 476. The zero-order valence-electron chi connectivity index (χ0n) is 11.5. The molecule has 0 saturated heterocycles. The first-order valence-electron chi connectivity index (χ1n) is 8.14. The van der Waals surface area contributed by atoms with Crippen LogP contribution in [0.25, 0.3) is 0 Å². The summed E-state index contributed by atoms with van der Waals surface area (Å²) in [5.41, 5.74) is 2.87. The van der Waals surface area contributed by atoms with Gasteiger partial charge in [0.05, 0.1) is 12.0 Å². The molecule has 3 nitrogen and oxygen atoms in total. The lowest BCUT2D eigenvalue weighted by molar-refractivity contribution is -0.0301. The van der Waals surface area contributed by atoms with Crippen molar-refractivity contribution < 1.29 is 0 Å². The number of hydrogen-bond donors (Lipinski definition) is 1. The minimum Gasteiger partial charge on any atom is -0.331 e. The molecule has 4 aliphatic carbocycles. The molecule has 0 aromatic carbocycles. The Morgan fingerprint density at radius 1 is 1.05 bits per heavy atom. The van der Waals surface area contributed by atoms with Crippen LogP contribution in [0.1, 0.15) is 49.5 Å². The average molecular weight is 257 g/mol. The molecule has 1 N–H and O–H groups in total. The van der Waals surface area contributed by atoms with Crippen molar-refractivity contribution in [3.05, 3.63) is 17.7 Å². The number of imidazole rings is 1. The minimum atomic E-state index is 0.794. The van der Waals surface area contributed by atoms with Crippen LogP contribution in [0.2, 0.25) is 0 Å². The molecule has 0 amide bonds. The van der Waals surface area contributed by atoms with Crippen molar-refractivity contribution in [1.82, 2.24) is 14.9 Å². The smallest absolute Gasteiger partial charge is 0.0955 e. The highest BCUT2D eigenvalue weighted by Gasteiger charge is 2.49. The van der Waals surface area contributed by atoms with Gasteiger partial charge in [-0.15, -0.1) is 0 Å². The number of hydrogen-bond acceptors (Lipinski definition) is 2. The van der Waals surface area contributed by atoms with Crippen LogP contribution in [0.15, 0.2) is 6.33 Å². The molecule has 1 aliphatic heterocycles. The van der Waals surface area contributed by atoms with Crippen LogP contribution in [0.5, 0.6) is 0 Å². The van der Waals surface area contributed by atoms with Gasteiger partial charge >= 0.3 is 0 Å². The van der Waals surface area contributed by atoms with Gasteiger partial charge in [-0.05, 0) is 55.8 Å². The Morgan fingerprint density at radius 3 is 2.53 bits per heavy atom. The van der Waals surface area contributed by atoms with E-state index in [1.807, 2.05) is 0 Å². The number of aromatic nitrogens is 2. The van der Waals surface area contributed by atoms with E-state index in [-0.39, 0.29) is 0 Å². The maximum Gasteiger partial charge on any atom is 0.0955 e. The Morgan fingerprint density at radius 2 is 1.79 bits per heavy atom. The van der Waals surface area contributed by atoms with Gasteiger partial charge in [0.15, 0.2) is 0 Å². The van der Waals surface area contributed by atoms with Gasteiger partial charge in [-0.2, -0.15) is 0 Å². The molecule has 19 heavy (non-hydrogen) atoms. The highest BCUT2D eigenvalue weighted by atomic mass is 15.1. The van der Waals surface area contributed by atoms with Crippen molar-refractivity contribution in [3.63, 3.8) is 0 Å². The summed E-state index contributed by atoms with van der Waals surface area (Å²) in [4.78, 5) is 4.69. The predicted octanol–water partition coefficient (Wildman–Crippen LogP) is 2.53. The molecule has 5 aliphatic rings. The summed E-state index contributed by atoms with van der Waals surface area (Å²) in [6, 6.07) is 0.794. The van der Waals surface area contributed by atoms with E-state index in [9.17, 15) is 0 Å². The van der Waals surface area contributed by atoms with E-state index >= 15 is 0 Å². The molecule has 102 valence electrons. The van der Waals surface area contributed by atoms with Crippen LogP contribution in [0.3, 0.4) is 0 Å². The van der Waals surface area contributed by atoms with Crippen molar-refractivity contribution in [3.8, 4) is 0 Å². The fourth-order valence-corrected chi connectivity index (χ4v) is 5.87. The van der Waals surface area contributed by atoms with Gasteiger partial charge < -0.3 is 9.88 Å². The van der Waals surface area contributed by atoms with E-state index in [1.165, 1.54) is 37.8 Å². The maximum absolute atomic E-state index is 4.69. The molecule has 6 rings (SSSR count). The highest BCUT2D eigenvalue weighted by Crippen LogP contribution is 2.58. The van der Waals surface area contributed by atoms with Crippen molar-refractivity contribution >= 4 is 0 Å². The summed E-state index contributed by atoms with van der Waals surface area (Å²) in [7, 11) is 0. The van der Waals surface area contributed by atoms with Crippen LogP contribution >= 0.6 is 0 Å². The predicted molar refractivity (Wildman–Crippen MR) is 73.7 cm³/mol. The molecular weight excluding hydrogens is 234 g/mol. The minimum absolute atomic E-state index is 0.794. The van der Waals surface area contributed by atoms with E-state index in [1.54, 1.807) is 12.1 Å². The average Bonchev–Trinajstić information content (AvgIpc) is 2.82. The summed E-state index contributed by atoms with van der Waals surface area (Å²) in [5.74, 6) is 4.06. The highest BCUT2D eigenvalue weighted by molar-refractivity contribution is 5.19. The summed E-state index contributed by atoms with van der Waals surface area (Å²) >= 11 is 0. The summed E-state index contributed by atoms with van der Waals surface area (Å²) in [6.07, 6.45) is 10.9. The molecule has 0 radical (unpaired) electrons. The second-order valence-electron chi connectivity index (χ2n) is 7.39. The molecule has 3 heteroatoms. The molecule has 0 spiro atoms. The van der Waals surface area contributed by atoms with E-state index in [2.05, 4.69) is 21.2 Å². The third-order valence-electron chi connectivity index (χ3n) is 6.31. The Hall–Kier alpha value is -0.830. The van der Waals surface area contributed by atoms with Gasteiger partial charge in [0, 0.05) is 31.2 Å². The monoisotopic (exact) mass is 257 g/mol. The lowest BCUT2D eigenvalue weighted by atomic mass is 9.54. The zero-order valence-corrected chi connectivity index (χ0v) is 11.5. The van der Waals surface area contributed by atoms with Crippen LogP contribution in [-0.2, 0) is 13.0 Å². The number of fused-ring (bicyclic) bond motifs is 1. The fourth-order valence-electron chi connectivity index (χ4n) is 5.87. The quantitative estimate of drug-likeness (QED) is 0.838. The first-order chi connectivity index (χ1) is 9.38. The molecule has 1 aromatic rings. The lowest BCUT2D eigenvalue weighted by Crippen LogP contribution is -2.46. The van der Waals surface area contributed by atoms with Crippen molar-refractivity contribution in [1.29, 1.82) is 0 Å². The molecular formula is C16H23N3. The maximum atomic E-state index is 4.69. The number of rotatable bonds is 1. The van der Waals surface area contributed by atoms with Gasteiger partial charge in [-0.1, -0.05) is 0 Å². The molecule has 4 bridgehead atoms. The van der Waals surface area contributed by atoms with E-state index in [0.717, 1.165) is 42.8 Å². The third kappa shape index (κ3) is 1.51. The van der Waals surface area contributed by atoms with Crippen molar-refractivity contribution in [2.24, 2.45) is 23.7 Å². The fraction of sp³-hybridized carbons (Fsp3) is 0.812. The summed E-state index contributed by atoms with van der Waals surface area (Å²) < 4.78 is 2.61. The number of nitrogens with one attached hydrogen (secondary N) is 1. The van der Waals surface area contributed by atoms with Crippen LogP contribution in [0, 0.1) is 23.7 Å². The van der Waals surface area contributed by atoms with Gasteiger partial charge in [0.2, 0.25) is 0 Å². The van der Waals surface area contributed by atoms with Crippen molar-refractivity contribution in [2.45, 2.75) is 51.1 Å². The lowest BCUT2D eigenvalue weighted by Gasteiger charge is -2.55. The Labute approximate surface area is 114 Å². The summed E-state index contributed by atoms with van der Waals surface area (Å²) in [6.45, 7) is 2.11. The summed E-state index contributed by atoms with van der Waals surface area (Å²) in [5, 5.41) is 3.45.